The van der Waals surface area contributed by atoms with E-state index in [4.69, 9.17) is 27.9 Å². The van der Waals surface area contributed by atoms with Gasteiger partial charge in [0.25, 0.3) is 5.91 Å². The number of benzene rings is 1. The van der Waals surface area contributed by atoms with Gasteiger partial charge >= 0.3 is 0 Å². The van der Waals surface area contributed by atoms with E-state index in [0.29, 0.717) is 28.8 Å². The third-order valence-electron chi connectivity index (χ3n) is 3.31. The highest BCUT2D eigenvalue weighted by molar-refractivity contribution is 6.34. The fourth-order valence-electron chi connectivity index (χ4n) is 2.16. The van der Waals surface area contributed by atoms with E-state index in [2.05, 4.69) is 15.5 Å². The summed E-state index contributed by atoms with van der Waals surface area (Å²) in [6.45, 7) is 0.293. The molecule has 24 heavy (non-hydrogen) atoms. The van der Waals surface area contributed by atoms with E-state index in [1.807, 2.05) is 28.8 Å². The molecule has 0 saturated carbocycles. The van der Waals surface area contributed by atoms with Crippen molar-refractivity contribution in [3.05, 3.63) is 58.5 Å². The zero-order valence-electron chi connectivity index (χ0n) is 12.6. The minimum absolute atomic E-state index is 0.138. The number of nitrogens with zero attached hydrogens (tertiary/aromatic N) is 3. The lowest BCUT2D eigenvalue weighted by Crippen LogP contribution is -2.30. The molecule has 0 radical (unpaired) electrons. The summed E-state index contributed by atoms with van der Waals surface area (Å²) in [6, 6.07) is 10.5. The summed E-state index contributed by atoms with van der Waals surface area (Å²) in [5.74, 6) is 0.910. The highest BCUT2D eigenvalue weighted by Gasteiger charge is 2.08. The number of carbonyl (C=O) groups excluding carboxylic acids is 1. The second-order valence-electron chi connectivity index (χ2n) is 5.01. The van der Waals surface area contributed by atoms with E-state index >= 15 is 0 Å². The summed E-state index contributed by atoms with van der Waals surface area (Å²) in [5, 5.41) is 11.8. The van der Waals surface area contributed by atoms with Crippen LogP contribution in [0.4, 0.5) is 0 Å². The molecule has 0 aliphatic carbocycles. The minimum atomic E-state index is -0.250. The van der Waals surface area contributed by atoms with E-state index in [1.54, 1.807) is 18.2 Å². The van der Waals surface area contributed by atoms with Gasteiger partial charge in [0.15, 0.2) is 12.3 Å². The van der Waals surface area contributed by atoms with E-state index in [9.17, 15) is 4.79 Å². The van der Waals surface area contributed by atoms with E-state index in [0.717, 1.165) is 11.5 Å². The first-order valence-corrected chi connectivity index (χ1v) is 8.02. The van der Waals surface area contributed by atoms with Crippen molar-refractivity contribution >= 4 is 34.8 Å². The number of hydrogen-bond acceptors (Lipinski definition) is 4. The van der Waals surface area contributed by atoms with E-state index < -0.39 is 0 Å². The van der Waals surface area contributed by atoms with Crippen LogP contribution in [0.15, 0.2) is 42.6 Å². The molecule has 0 unspecified atom stereocenters. The number of ether oxygens (including phenoxy) is 1. The van der Waals surface area contributed by atoms with Crippen LogP contribution in [0.2, 0.25) is 10.0 Å². The molecule has 0 atom stereocenters. The molecule has 2 aromatic heterocycles. The molecule has 8 heteroatoms. The van der Waals surface area contributed by atoms with Crippen molar-refractivity contribution in [1.29, 1.82) is 0 Å². The Balaban J connectivity index is 1.48. The van der Waals surface area contributed by atoms with Gasteiger partial charge in [-0.05, 0) is 24.3 Å². The number of rotatable bonds is 6. The number of carbonyl (C=O) groups is 1. The maximum atomic E-state index is 11.8. The first-order valence-electron chi connectivity index (χ1n) is 7.26. The van der Waals surface area contributed by atoms with Crippen molar-refractivity contribution in [3.8, 4) is 5.75 Å². The predicted molar refractivity (Wildman–Crippen MR) is 91.7 cm³/mol. The molecule has 0 saturated heterocycles. The Hall–Kier alpha value is -2.31. The highest BCUT2D eigenvalue weighted by Crippen LogP contribution is 2.27. The Morgan fingerprint density at radius 2 is 2.08 bits per heavy atom. The SMILES string of the molecule is O=C(COc1cc(Cl)ccc1Cl)NCCc1nnc2ccccn12. The molecule has 124 valence electrons. The van der Waals surface area contributed by atoms with Crippen molar-refractivity contribution in [2.24, 2.45) is 0 Å². The zero-order chi connectivity index (χ0) is 16.9. The van der Waals surface area contributed by atoms with Gasteiger partial charge in [-0.15, -0.1) is 10.2 Å². The maximum Gasteiger partial charge on any atom is 0.257 e. The third kappa shape index (κ3) is 3.96. The van der Waals surface area contributed by atoms with Gasteiger partial charge in [0.2, 0.25) is 0 Å². The molecular weight excluding hydrogens is 351 g/mol. The van der Waals surface area contributed by atoms with E-state index in [1.165, 1.54) is 0 Å². The molecule has 6 nitrogen and oxygen atoms in total. The van der Waals surface area contributed by atoms with Gasteiger partial charge in [-0.25, -0.2) is 0 Å². The number of amides is 1. The zero-order valence-corrected chi connectivity index (χ0v) is 14.1. The van der Waals surface area contributed by atoms with Crippen LogP contribution in [0.1, 0.15) is 5.82 Å². The number of pyridine rings is 1. The standard InChI is InChI=1S/C16H14Cl2N4O2/c17-11-4-5-12(18)13(9-11)24-10-16(23)19-7-6-15-21-20-14-3-1-2-8-22(14)15/h1-5,8-9H,6-7,10H2,(H,19,23). The highest BCUT2D eigenvalue weighted by atomic mass is 35.5. The first-order chi connectivity index (χ1) is 11.6. The largest absolute Gasteiger partial charge is 0.482 e. The summed E-state index contributed by atoms with van der Waals surface area (Å²) < 4.78 is 7.26. The Morgan fingerprint density at radius 1 is 1.21 bits per heavy atom. The van der Waals surface area contributed by atoms with Gasteiger partial charge in [0, 0.05) is 30.3 Å². The molecule has 1 amide bonds. The molecular formula is C16H14Cl2N4O2. The van der Waals surface area contributed by atoms with Crippen molar-refractivity contribution in [3.63, 3.8) is 0 Å². The second kappa shape index (κ2) is 7.51. The third-order valence-corrected chi connectivity index (χ3v) is 3.85. The number of halogens is 2. The fourth-order valence-corrected chi connectivity index (χ4v) is 2.49. The summed E-state index contributed by atoms with van der Waals surface area (Å²) in [4.78, 5) is 11.8. The summed E-state index contributed by atoms with van der Waals surface area (Å²) in [7, 11) is 0. The molecule has 1 N–H and O–H groups in total. The van der Waals surface area contributed by atoms with Gasteiger partial charge in [-0.2, -0.15) is 0 Å². The van der Waals surface area contributed by atoms with Gasteiger partial charge in [-0.1, -0.05) is 29.3 Å². The fraction of sp³-hybridized carbons (Fsp3) is 0.188. The summed E-state index contributed by atoms with van der Waals surface area (Å²) in [6.07, 6.45) is 2.45. The van der Waals surface area contributed by atoms with Gasteiger partial charge in [0.1, 0.15) is 11.6 Å². The Morgan fingerprint density at radius 3 is 2.96 bits per heavy atom. The number of aromatic nitrogens is 3. The van der Waals surface area contributed by atoms with Crippen LogP contribution >= 0.6 is 23.2 Å². The Labute approximate surface area is 148 Å². The van der Waals surface area contributed by atoms with Crippen LogP contribution in [-0.2, 0) is 11.2 Å². The predicted octanol–water partition coefficient (Wildman–Crippen LogP) is 2.77. The van der Waals surface area contributed by atoms with Crippen molar-refractivity contribution in [2.45, 2.75) is 6.42 Å². The lowest BCUT2D eigenvalue weighted by Gasteiger charge is -2.09. The molecule has 0 fully saturated rings. The van der Waals surface area contributed by atoms with Crippen LogP contribution in [-0.4, -0.2) is 33.7 Å². The smallest absolute Gasteiger partial charge is 0.257 e. The Bertz CT molecular complexity index is 866. The normalized spacial score (nSPS) is 10.8. The Kier molecular flexibility index (Phi) is 5.17. The lowest BCUT2D eigenvalue weighted by molar-refractivity contribution is -0.123. The molecule has 0 aliphatic heterocycles. The molecule has 0 bridgehead atoms. The van der Waals surface area contributed by atoms with Gasteiger partial charge in [0.05, 0.1) is 5.02 Å². The monoisotopic (exact) mass is 364 g/mol. The molecule has 0 spiro atoms. The van der Waals surface area contributed by atoms with Crippen LogP contribution in [0.5, 0.6) is 5.75 Å². The number of fused-ring (bicyclic) bond motifs is 1. The van der Waals surface area contributed by atoms with Gasteiger partial charge in [-0.3, -0.25) is 9.20 Å². The van der Waals surface area contributed by atoms with Crippen LogP contribution in [0.3, 0.4) is 0 Å². The molecule has 0 aliphatic rings. The second-order valence-corrected chi connectivity index (χ2v) is 5.85. The molecule has 2 heterocycles. The topological polar surface area (TPSA) is 68.5 Å². The van der Waals surface area contributed by atoms with Crippen molar-refractivity contribution in [2.75, 3.05) is 13.2 Å². The minimum Gasteiger partial charge on any atom is -0.482 e. The molecule has 3 aromatic rings. The van der Waals surface area contributed by atoms with Gasteiger partial charge < -0.3 is 10.1 Å². The average molecular weight is 365 g/mol. The first kappa shape index (κ1) is 16.5. The quantitative estimate of drug-likeness (QED) is 0.730. The summed E-state index contributed by atoms with van der Waals surface area (Å²) in [5.41, 5.74) is 0.776. The van der Waals surface area contributed by atoms with Crippen molar-refractivity contribution in [1.82, 2.24) is 19.9 Å². The van der Waals surface area contributed by atoms with Crippen molar-refractivity contribution < 1.29 is 9.53 Å². The molecule has 1 aromatic carbocycles. The molecule has 3 rings (SSSR count). The number of nitrogens with one attached hydrogen (secondary N) is 1. The van der Waals surface area contributed by atoms with Crippen LogP contribution in [0.25, 0.3) is 5.65 Å². The lowest BCUT2D eigenvalue weighted by atomic mass is 10.3. The maximum absolute atomic E-state index is 11.8. The summed E-state index contributed by atoms with van der Waals surface area (Å²) >= 11 is 11.8. The van der Waals surface area contributed by atoms with E-state index in [-0.39, 0.29) is 12.5 Å². The van der Waals surface area contributed by atoms with Crippen LogP contribution in [0, 0.1) is 0 Å². The van der Waals surface area contributed by atoms with Crippen LogP contribution < -0.4 is 10.1 Å². The average Bonchev–Trinajstić information content (AvgIpc) is 2.99. The number of hydrogen-bond donors (Lipinski definition) is 1.